The van der Waals surface area contributed by atoms with Gasteiger partial charge in [-0.15, -0.1) is 18.3 Å². The third-order valence-corrected chi connectivity index (χ3v) is 10.8. The summed E-state index contributed by atoms with van der Waals surface area (Å²) in [6.07, 6.45) is 6.76. The summed E-state index contributed by atoms with van der Waals surface area (Å²) in [5.41, 5.74) is 3.53. The first-order valence-corrected chi connectivity index (χ1v) is 20.8. The van der Waals surface area contributed by atoms with Gasteiger partial charge >= 0.3 is 0 Å². The van der Waals surface area contributed by atoms with Crippen LogP contribution >= 0.6 is 15.9 Å². The zero-order valence-corrected chi connectivity index (χ0v) is 36.3. The van der Waals surface area contributed by atoms with E-state index in [0.29, 0.717) is 11.1 Å². The molecule has 0 bridgehead atoms. The Bertz CT molecular complexity index is 2190. The third kappa shape index (κ3) is 15.4. The molecule has 4 atom stereocenters. The lowest BCUT2D eigenvalue weighted by atomic mass is 9.98. The zero-order valence-electron chi connectivity index (χ0n) is 34.7. The fourth-order valence-corrected chi connectivity index (χ4v) is 7.55. The molecule has 324 valence electrons. The van der Waals surface area contributed by atoms with Gasteiger partial charge < -0.3 is 31.5 Å². The van der Waals surface area contributed by atoms with Gasteiger partial charge in [0, 0.05) is 60.2 Å². The first-order chi connectivity index (χ1) is 29.0. The average Bonchev–Trinajstić information content (AvgIpc) is 4.12. The van der Waals surface area contributed by atoms with E-state index in [1.807, 2.05) is 48.5 Å². The fraction of sp³-hybridized carbons (Fsp3) is 0.375. The van der Waals surface area contributed by atoms with E-state index in [0.717, 1.165) is 59.0 Å². The summed E-state index contributed by atoms with van der Waals surface area (Å²) in [6.45, 7) is 6.62. The maximum atomic E-state index is 13.5. The highest BCUT2D eigenvalue weighted by Gasteiger charge is 2.45. The smallest absolute Gasteiger partial charge is 0.217 e. The molecule has 13 heteroatoms. The maximum Gasteiger partial charge on any atom is 0.217 e. The number of carbonyl (C=O) groups is 2. The molecule has 61 heavy (non-hydrogen) atoms. The highest BCUT2D eigenvalue weighted by molar-refractivity contribution is 9.10. The second-order valence-corrected chi connectivity index (χ2v) is 16.3. The van der Waals surface area contributed by atoms with Gasteiger partial charge in [0.05, 0.1) is 24.3 Å². The summed E-state index contributed by atoms with van der Waals surface area (Å²) in [5.74, 6) is 4.82. The molecule has 0 saturated heterocycles. The second-order valence-electron chi connectivity index (χ2n) is 15.4. The molecule has 0 aromatic heterocycles. The van der Waals surface area contributed by atoms with Crippen LogP contribution in [0.25, 0.3) is 0 Å². The van der Waals surface area contributed by atoms with Gasteiger partial charge in [-0.05, 0) is 123 Å². The number of carbonyl (C=O) groups excluding carboxylic acids is 2. The quantitative estimate of drug-likeness (QED) is 0.0529. The van der Waals surface area contributed by atoms with Crippen molar-refractivity contribution < 1.29 is 37.4 Å². The normalized spacial score (nSPS) is 15.9. The maximum absolute atomic E-state index is 13.5. The Morgan fingerprint density at radius 3 is 1.44 bits per heavy atom. The van der Waals surface area contributed by atoms with Gasteiger partial charge in [0.1, 0.15) is 23.3 Å². The average molecular weight is 906 g/mol. The molecule has 2 aliphatic carbocycles. The predicted molar refractivity (Wildman–Crippen MR) is 233 cm³/mol. The van der Waals surface area contributed by atoms with Gasteiger partial charge in [-0.2, -0.15) is 0 Å². The van der Waals surface area contributed by atoms with Crippen LogP contribution in [0.3, 0.4) is 0 Å². The first kappa shape index (κ1) is 48.6. The summed E-state index contributed by atoms with van der Waals surface area (Å²) in [5, 5.41) is 33.6. The van der Waals surface area contributed by atoms with Crippen molar-refractivity contribution >= 4 is 27.7 Å². The molecule has 6 rings (SSSR count). The Balaban J connectivity index is 0.000000253. The highest BCUT2D eigenvalue weighted by atomic mass is 79.9. The van der Waals surface area contributed by atoms with Gasteiger partial charge in [0.2, 0.25) is 11.8 Å². The van der Waals surface area contributed by atoms with Gasteiger partial charge in [-0.3, -0.25) is 9.59 Å². The Labute approximate surface area is 364 Å². The lowest BCUT2D eigenvalue weighted by Crippen LogP contribution is -2.49. The third-order valence-electron chi connectivity index (χ3n) is 10.3. The van der Waals surface area contributed by atoms with E-state index < -0.39 is 47.6 Å². The van der Waals surface area contributed by atoms with Gasteiger partial charge in [0.15, 0.2) is 0 Å². The molecule has 2 saturated carbocycles. The van der Waals surface area contributed by atoms with E-state index in [4.69, 9.17) is 0 Å². The van der Waals surface area contributed by atoms with Crippen molar-refractivity contribution in [1.82, 2.24) is 21.3 Å². The minimum atomic E-state index is -0.934. The molecule has 4 aromatic rings. The molecule has 8 nitrogen and oxygen atoms in total. The fourth-order valence-electron chi connectivity index (χ4n) is 7.15. The highest BCUT2D eigenvalue weighted by Crippen LogP contribution is 2.46. The molecule has 0 aliphatic heterocycles. The summed E-state index contributed by atoms with van der Waals surface area (Å²) < 4.78 is 55.0. The monoisotopic (exact) mass is 904 g/mol. The number of hydrogen-bond acceptors (Lipinski definition) is 6. The number of aliphatic hydroxyl groups excluding tert-OH is 2. The largest absolute Gasteiger partial charge is 0.390 e. The van der Waals surface area contributed by atoms with Gasteiger partial charge in [-0.1, -0.05) is 46.1 Å². The van der Waals surface area contributed by atoms with Crippen LogP contribution in [0.5, 0.6) is 0 Å². The van der Waals surface area contributed by atoms with E-state index in [1.165, 1.54) is 38.1 Å². The van der Waals surface area contributed by atoms with Crippen molar-refractivity contribution in [2.24, 2.45) is 0 Å². The van der Waals surface area contributed by atoms with Crippen molar-refractivity contribution in [3.8, 4) is 24.2 Å². The molecule has 2 aliphatic rings. The summed E-state index contributed by atoms with van der Waals surface area (Å²) in [6, 6.07) is 21.1. The molecule has 2 fully saturated rings. The number of halogens is 5. The number of hydrogen-bond donors (Lipinski definition) is 6. The Morgan fingerprint density at radius 1 is 0.689 bits per heavy atom. The number of amides is 2. The van der Waals surface area contributed by atoms with Crippen LogP contribution in [0.1, 0.15) is 81.2 Å². The SMILES string of the molecule is C#CC.CC#Cc1cccc(C2(NC[C@@H](O)[C@H](Cc3cc(F)cc(F)c3)NC(C)=O)CC2)c1.CC(=O)N[C@@H](Cc1cc(F)cc(F)c1)[C@H](O)CNC1(c2cccc(Br)c2)CC1. The van der Waals surface area contributed by atoms with E-state index >= 15 is 0 Å². The molecule has 0 radical (unpaired) electrons. The summed E-state index contributed by atoms with van der Waals surface area (Å²) in [7, 11) is 0. The zero-order chi connectivity index (χ0) is 44.7. The number of nitrogens with one attached hydrogen (secondary N) is 4. The molecular weight excluding hydrogens is 852 g/mol. The van der Waals surface area contributed by atoms with E-state index in [2.05, 4.69) is 61.4 Å². The Hall–Kier alpha value is -5.02. The number of benzene rings is 4. The van der Waals surface area contributed by atoms with Crippen LogP contribution < -0.4 is 21.3 Å². The number of aliphatic hydroxyl groups is 2. The van der Waals surface area contributed by atoms with E-state index in [1.54, 1.807) is 13.8 Å². The van der Waals surface area contributed by atoms with E-state index in [-0.39, 0.29) is 48.8 Å². The molecule has 0 unspecified atom stereocenters. The van der Waals surface area contributed by atoms with Crippen LogP contribution in [0, 0.1) is 47.5 Å². The lowest BCUT2D eigenvalue weighted by Gasteiger charge is -2.27. The minimum absolute atomic E-state index is 0.117. The summed E-state index contributed by atoms with van der Waals surface area (Å²) >= 11 is 3.48. The van der Waals surface area contributed by atoms with E-state index in [9.17, 15) is 37.4 Å². The molecule has 4 aromatic carbocycles. The van der Waals surface area contributed by atoms with Crippen LogP contribution in [0.4, 0.5) is 17.6 Å². The molecule has 2 amide bonds. The van der Waals surface area contributed by atoms with Gasteiger partial charge in [-0.25, -0.2) is 17.6 Å². The van der Waals surface area contributed by atoms with Crippen LogP contribution in [0.2, 0.25) is 0 Å². The minimum Gasteiger partial charge on any atom is -0.390 e. The topological polar surface area (TPSA) is 123 Å². The van der Waals surface area contributed by atoms with Crippen molar-refractivity contribution in [2.45, 2.75) is 102 Å². The van der Waals surface area contributed by atoms with Crippen molar-refractivity contribution in [2.75, 3.05) is 13.1 Å². The van der Waals surface area contributed by atoms with Crippen LogP contribution in [-0.4, -0.2) is 59.4 Å². The molecular formula is C48H53BrF4N4O4. The van der Waals surface area contributed by atoms with Crippen LogP contribution in [-0.2, 0) is 33.5 Å². The molecule has 6 N–H and O–H groups in total. The Morgan fingerprint density at radius 2 is 1.08 bits per heavy atom. The van der Waals surface area contributed by atoms with Crippen molar-refractivity contribution in [3.05, 3.63) is 140 Å². The van der Waals surface area contributed by atoms with Crippen molar-refractivity contribution in [3.63, 3.8) is 0 Å². The number of terminal acetylenes is 1. The van der Waals surface area contributed by atoms with Crippen molar-refractivity contribution in [1.29, 1.82) is 0 Å². The predicted octanol–water partition coefficient (Wildman–Crippen LogP) is 7.08. The standard InChI is InChI=1S/C24H26F2N2O2.C21H23BrF2N2O2.C3H4/c1-3-5-17-6-4-7-19(10-17)24(8-9-24)27-15-23(30)22(28-16(2)29)13-18-11-20(25)14-21(26)12-18;1-13(27)26-19(9-14-7-17(23)11-18(24)8-14)20(28)12-25-21(5-6-21)15-3-2-4-16(22)10-15;1-3-2/h4,6-7,10-12,14,22-23,27,30H,8-9,13,15H2,1-2H3,(H,28,29);2-4,7-8,10-11,19-20,25,28H,5-6,9,12H2,1H3,(H,26,27);1H,2H3/t22-,23+;19-,20+;/m00./s1. The van der Waals surface area contributed by atoms with Crippen LogP contribution in [0.15, 0.2) is 89.4 Å². The molecule has 0 spiro atoms. The lowest BCUT2D eigenvalue weighted by molar-refractivity contribution is -0.121. The second kappa shape index (κ2) is 22.7. The summed E-state index contributed by atoms with van der Waals surface area (Å²) in [4.78, 5) is 23.2. The van der Waals surface area contributed by atoms with Gasteiger partial charge in [0.25, 0.3) is 0 Å². The number of rotatable bonds is 16. The first-order valence-electron chi connectivity index (χ1n) is 20.0. The molecule has 0 heterocycles. The Kier molecular flexibility index (Phi) is 18.1.